The monoisotopic (exact) mass is 360 g/mol. The Labute approximate surface area is 140 Å². The van der Waals surface area contributed by atoms with Gasteiger partial charge in [0.2, 0.25) is 0 Å². The number of piperazine rings is 1. The molecule has 0 aromatic heterocycles. The maximum atomic E-state index is 10.4. The molecule has 0 bridgehead atoms. The molecule has 0 unspecified atom stereocenters. The van der Waals surface area contributed by atoms with E-state index in [-0.39, 0.29) is 0 Å². The summed E-state index contributed by atoms with van der Waals surface area (Å²) >= 11 is 3.42. The average molecular weight is 361 g/mol. The van der Waals surface area contributed by atoms with Crippen molar-refractivity contribution in [1.29, 1.82) is 0 Å². The molecule has 116 valence electrons. The minimum atomic E-state index is -0.420. The van der Waals surface area contributed by atoms with Crippen molar-refractivity contribution >= 4 is 21.6 Å². The van der Waals surface area contributed by atoms with Crippen LogP contribution in [-0.2, 0) is 0 Å². The summed E-state index contributed by atoms with van der Waals surface area (Å²) in [5.41, 5.74) is 2.27. The number of hydrogen-bond donors (Lipinski definition) is 1. The van der Waals surface area contributed by atoms with Crippen LogP contribution in [0.2, 0.25) is 0 Å². The molecular formula is C18H21BrN2O. The second-order valence-corrected chi connectivity index (χ2v) is 6.61. The number of halogens is 1. The summed E-state index contributed by atoms with van der Waals surface area (Å²) in [4.78, 5) is 4.74. The number of rotatable bonds is 4. The first-order valence-corrected chi connectivity index (χ1v) is 8.47. The molecule has 2 aromatic carbocycles. The third-order valence-corrected chi connectivity index (χ3v) is 4.71. The number of hydrogen-bond acceptors (Lipinski definition) is 3. The van der Waals surface area contributed by atoms with Crippen LogP contribution in [0.15, 0.2) is 59.1 Å². The Morgan fingerprint density at radius 3 is 2.18 bits per heavy atom. The largest absolute Gasteiger partial charge is 0.387 e. The van der Waals surface area contributed by atoms with Gasteiger partial charge in [-0.05, 0) is 29.8 Å². The Morgan fingerprint density at radius 1 is 0.909 bits per heavy atom. The van der Waals surface area contributed by atoms with Crippen molar-refractivity contribution in [3.8, 4) is 0 Å². The van der Waals surface area contributed by atoms with E-state index in [2.05, 4.69) is 50.0 Å². The van der Waals surface area contributed by atoms with Crippen molar-refractivity contribution in [2.45, 2.75) is 6.10 Å². The molecule has 3 rings (SSSR count). The van der Waals surface area contributed by atoms with E-state index in [9.17, 15) is 5.11 Å². The molecule has 0 aliphatic carbocycles. The van der Waals surface area contributed by atoms with E-state index >= 15 is 0 Å². The van der Waals surface area contributed by atoms with Gasteiger partial charge in [-0.15, -0.1) is 0 Å². The lowest BCUT2D eigenvalue weighted by Crippen LogP contribution is -2.47. The van der Waals surface area contributed by atoms with E-state index < -0.39 is 6.10 Å². The van der Waals surface area contributed by atoms with Crippen molar-refractivity contribution in [3.05, 3.63) is 64.6 Å². The molecule has 1 fully saturated rings. The van der Waals surface area contributed by atoms with Crippen LogP contribution in [0.25, 0.3) is 0 Å². The highest BCUT2D eigenvalue weighted by atomic mass is 79.9. The number of aliphatic hydroxyl groups excluding tert-OH is 1. The first kappa shape index (κ1) is 15.5. The minimum Gasteiger partial charge on any atom is -0.387 e. The molecule has 0 radical (unpaired) electrons. The first-order valence-electron chi connectivity index (χ1n) is 7.68. The molecule has 2 aromatic rings. The lowest BCUT2D eigenvalue weighted by Gasteiger charge is -2.37. The highest BCUT2D eigenvalue weighted by Gasteiger charge is 2.20. The van der Waals surface area contributed by atoms with Crippen molar-refractivity contribution in [2.24, 2.45) is 0 Å². The van der Waals surface area contributed by atoms with Crippen LogP contribution in [0.1, 0.15) is 11.7 Å². The maximum Gasteiger partial charge on any atom is 0.0916 e. The van der Waals surface area contributed by atoms with E-state index in [0.29, 0.717) is 6.54 Å². The molecule has 1 saturated heterocycles. The molecule has 22 heavy (non-hydrogen) atoms. The van der Waals surface area contributed by atoms with Crippen LogP contribution in [0, 0.1) is 0 Å². The van der Waals surface area contributed by atoms with Crippen LogP contribution in [0.5, 0.6) is 0 Å². The van der Waals surface area contributed by atoms with Gasteiger partial charge >= 0.3 is 0 Å². The Morgan fingerprint density at radius 2 is 1.55 bits per heavy atom. The van der Waals surface area contributed by atoms with Crippen molar-refractivity contribution in [1.82, 2.24) is 4.90 Å². The summed E-state index contributed by atoms with van der Waals surface area (Å²) in [6, 6.07) is 18.5. The Balaban J connectivity index is 1.52. The summed E-state index contributed by atoms with van der Waals surface area (Å²) in [6.45, 7) is 4.70. The van der Waals surface area contributed by atoms with E-state index in [1.165, 1.54) is 5.69 Å². The molecule has 1 N–H and O–H groups in total. The van der Waals surface area contributed by atoms with Gasteiger partial charge in [0.25, 0.3) is 0 Å². The van der Waals surface area contributed by atoms with Crippen LogP contribution >= 0.6 is 15.9 Å². The first-order chi connectivity index (χ1) is 10.7. The predicted molar refractivity (Wildman–Crippen MR) is 94.2 cm³/mol. The summed E-state index contributed by atoms with van der Waals surface area (Å²) in [5, 5.41) is 10.4. The number of aliphatic hydroxyl groups is 1. The van der Waals surface area contributed by atoms with Gasteiger partial charge in [0.05, 0.1) is 6.10 Å². The lowest BCUT2D eigenvalue weighted by molar-refractivity contribution is 0.109. The van der Waals surface area contributed by atoms with Crippen molar-refractivity contribution in [3.63, 3.8) is 0 Å². The fourth-order valence-corrected chi connectivity index (χ4v) is 3.13. The minimum absolute atomic E-state index is 0.420. The van der Waals surface area contributed by atoms with Gasteiger partial charge in [-0.2, -0.15) is 0 Å². The molecule has 0 spiro atoms. The second-order valence-electron chi connectivity index (χ2n) is 5.69. The molecule has 1 heterocycles. The standard InChI is InChI=1S/C18H21BrN2O/c19-16-8-6-15(7-9-16)18(22)14-20-10-12-21(13-11-20)17-4-2-1-3-5-17/h1-9,18,22H,10-14H2/t18-/m1/s1. The Bertz CT molecular complexity index is 580. The number of para-hydroxylation sites is 1. The van der Waals surface area contributed by atoms with Gasteiger partial charge in [0, 0.05) is 42.9 Å². The zero-order chi connectivity index (χ0) is 15.4. The van der Waals surface area contributed by atoms with E-state index in [1.807, 2.05) is 30.3 Å². The summed E-state index contributed by atoms with van der Waals surface area (Å²) in [5.74, 6) is 0. The molecule has 1 aliphatic heterocycles. The van der Waals surface area contributed by atoms with Crippen molar-refractivity contribution < 1.29 is 5.11 Å². The molecule has 3 nitrogen and oxygen atoms in total. The lowest BCUT2D eigenvalue weighted by atomic mass is 10.1. The fraction of sp³-hybridized carbons (Fsp3) is 0.333. The highest BCUT2D eigenvalue weighted by Crippen LogP contribution is 2.20. The quantitative estimate of drug-likeness (QED) is 0.905. The SMILES string of the molecule is O[C@H](CN1CCN(c2ccccc2)CC1)c1ccc(Br)cc1. The molecule has 1 atom stereocenters. The smallest absolute Gasteiger partial charge is 0.0916 e. The summed E-state index contributed by atoms with van der Waals surface area (Å²) in [7, 11) is 0. The molecule has 0 amide bonds. The van der Waals surface area contributed by atoms with Crippen LogP contribution in [-0.4, -0.2) is 42.7 Å². The van der Waals surface area contributed by atoms with E-state index in [0.717, 1.165) is 36.2 Å². The highest BCUT2D eigenvalue weighted by molar-refractivity contribution is 9.10. The van der Waals surface area contributed by atoms with E-state index in [4.69, 9.17) is 0 Å². The molecular weight excluding hydrogens is 340 g/mol. The van der Waals surface area contributed by atoms with Crippen LogP contribution in [0.4, 0.5) is 5.69 Å². The maximum absolute atomic E-state index is 10.4. The Kier molecular flexibility index (Phi) is 5.13. The number of β-amino-alcohol motifs (C(OH)–C–C–N with tert-alkyl or cyclic N) is 1. The van der Waals surface area contributed by atoms with Gasteiger partial charge in [-0.3, -0.25) is 4.90 Å². The number of benzene rings is 2. The fourth-order valence-electron chi connectivity index (χ4n) is 2.86. The second kappa shape index (κ2) is 7.27. The average Bonchev–Trinajstić information content (AvgIpc) is 2.57. The Hall–Kier alpha value is -1.36. The van der Waals surface area contributed by atoms with Gasteiger partial charge < -0.3 is 10.0 Å². The van der Waals surface area contributed by atoms with E-state index in [1.54, 1.807) is 0 Å². The zero-order valence-electron chi connectivity index (χ0n) is 12.5. The van der Waals surface area contributed by atoms with Gasteiger partial charge in [0.1, 0.15) is 0 Å². The number of nitrogens with zero attached hydrogens (tertiary/aromatic N) is 2. The molecule has 4 heteroatoms. The molecule has 1 aliphatic rings. The van der Waals surface area contributed by atoms with Crippen LogP contribution < -0.4 is 4.90 Å². The summed E-state index contributed by atoms with van der Waals surface area (Å²) < 4.78 is 1.04. The summed E-state index contributed by atoms with van der Waals surface area (Å²) in [6.07, 6.45) is -0.420. The predicted octanol–water partition coefficient (Wildman–Crippen LogP) is 3.30. The normalized spacial score (nSPS) is 17.5. The topological polar surface area (TPSA) is 26.7 Å². The van der Waals surface area contributed by atoms with Gasteiger partial charge in [-0.1, -0.05) is 46.3 Å². The van der Waals surface area contributed by atoms with Gasteiger partial charge in [0.15, 0.2) is 0 Å². The molecule has 0 saturated carbocycles. The van der Waals surface area contributed by atoms with Crippen LogP contribution in [0.3, 0.4) is 0 Å². The van der Waals surface area contributed by atoms with Gasteiger partial charge in [-0.25, -0.2) is 0 Å². The third kappa shape index (κ3) is 3.88. The third-order valence-electron chi connectivity index (χ3n) is 4.18. The zero-order valence-corrected chi connectivity index (χ0v) is 14.1. The number of anilines is 1. The van der Waals surface area contributed by atoms with Crippen molar-refractivity contribution in [2.75, 3.05) is 37.6 Å².